The summed E-state index contributed by atoms with van der Waals surface area (Å²) in [5, 5.41) is 8.95. The van der Waals surface area contributed by atoms with E-state index in [1.807, 2.05) is 6.92 Å². The van der Waals surface area contributed by atoms with Crippen LogP contribution < -0.4 is 9.46 Å². The van der Waals surface area contributed by atoms with Gasteiger partial charge in [0.2, 0.25) is 10.0 Å². The summed E-state index contributed by atoms with van der Waals surface area (Å²) in [5.41, 5.74) is -0.102. The Morgan fingerprint density at radius 1 is 1.45 bits per heavy atom. The van der Waals surface area contributed by atoms with Gasteiger partial charge in [-0.3, -0.25) is 0 Å². The Morgan fingerprint density at radius 2 is 2.10 bits per heavy atom. The second-order valence-corrected chi connectivity index (χ2v) is 6.16. The monoisotopic (exact) mass is 301 g/mol. The van der Waals surface area contributed by atoms with Crippen molar-refractivity contribution < 1.29 is 23.1 Å². The number of carboxylic acid groups (broad SMARTS) is 1. The molecule has 1 aromatic rings. The largest absolute Gasteiger partial charge is 0.495 e. The van der Waals surface area contributed by atoms with Crippen LogP contribution in [0.5, 0.6) is 5.75 Å². The Morgan fingerprint density at radius 3 is 2.60 bits per heavy atom. The maximum absolute atomic E-state index is 12.3. The lowest BCUT2D eigenvalue weighted by molar-refractivity contribution is 0.0696. The average Bonchev–Trinajstić information content (AvgIpc) is 2.37. The zero-order valence-electron chi connectivity index (χ0n) is 11.7. The molecule has 0 saturated heterocycles. The summed E-state index contributed by atoms with van der Waals surface area (Å²) in [6.07, 6.45) is 1.54. The van der Waals surface area contributed by atoms with Gasteiger partial charge in [-0.25, -0.2) is 17.9 Å². The lowest BCUT2D eigenvalue weighted by atomic mass is 10.2. The second kappa shape index (κ2) is 6.71. The first-order valence-corrected chi connectivity index (χ1v) is 7.73. The van der Waals surface area contributed by atoms with Crippen LogP contribution in [-0.2, 0) is 10.0 Å². The molecule has 7 heteroatoms. The third-order valence-corrected chi connectivity index (χ3v) is 4.39. The molecule has 0 fully saturated rings. The van der Waals surface area contributed by atoms with Gasteiger partial charge in [0.1, 0.15) is 10.6 Å². The van der Waals surface area contributed by atoms with Gasteiger partial charge in [0.15, 0.2) is 0 Å². The van der Waals surface area contributed by atoms with E-state index in [0.717, 1.165) is 12.5 Å². The van der Waals surface area contributed by atoms with Gasteiger partial charge in [-0.2, -0.15) is 0 Å². The fourth-order valence-electron chi connectivity index (χ4n) is 1.84. The van der Waals surface area contributed by atoms with Crippen molar-refractivity contribution in [3.05, 3.63) is 23.8 Å². The topological polar surface area (TPSA) is 92.7 Å². The fourth-order valence-corrected chi connectivity index (χ4v) is 3.31. The molecule has 0 aliphatic rings. The van der Waals surface area contributed by atoms with Gasteiger partial charge in [0.05, 0.1) is 12.7 Å². The third kappa shape index (κ3) is 3.94. The number of hydrogen-bond donors (Lipinski definition) is 2. The van der Waals surface area contributed by atoms with E-state index in [-0.39, 0.29) is 22.3 Å². The number of benzene rings is 1. The zero-order chi connectivity index (χ0) is 15.3. The Bertz CT molecular complexity index is 582. The van der Waals surface area contributed by atoms with Gasteiger partial charge >= 0.3 is 5.97 Å². The van der Waals surface area contributed by atoms with Crippen molar-refractivity contribution in [1.29, 1.82) is 0 Å². The Kier molecular flexibility index (Phi) is 5.52. The van der Waals surface area contributed by atoms with E-state index in [9.17, 15) is 13.2 Å². The summed E-state index contributed by atoms with van der Waals surface area (Å²) in [6.45, 7) is 3.71. The summed E-state index contributed by atoms with van der Waals surface area (Å²) in [6, 6.07) is 3.50. The minimum absolute atomic E-state index is 0.102. The number of nitrogens with one attached hydrogen (secondary N) is 1. The quantitative estimate of drug-likeness (QED) is 0.802. The molecule has 20 heavy (non-hydrogen) atoms. The molecule has 1 unspecified atom stereocenters. The van der Waals surface area contributed by atoms with Crippen molar-refractivity contribution in [3.63, 3.8) is 0 Å². The Hall–Kier alpha value is -1.60. The van der Waals surface area contributed by atoms with Crippen molar-refractivity contribution >= 4 is 16.0 Å². The van der Waals surface area contributed by atoms with E-state index >= 15 is 0 Å². The molecule has 1 atom stereocenters. The van der Waals surface area contributed by atoms with Crippen LogP contribution >= 0.6 is 0 Å². The van der Waals surface area contributed by atoms with Gasteiger partial charge in [0, 0.05) is 6.04 Å². The van der Waals surface area contributed by atoms with Crippen molar-refractivity contribution in [1.82, 2.24) is 4.72 Å². The molecule has 0 saturated carbocycles. The number of aromatic carboxylic acids is 1. The van der Waals surface area contributed by atoms with E-state index < -0.39 is 16.0 Å². The highest BCUT2D eigenvalue weighted by atomic mass is 32.2. The minimum Gasteiger partial charge on any atom is -0.495 e. The van der Waals surface area contributed by atoms with Crippen molar-refractivity contribution in [2.75, 3.05) is 7.11 Å². The number of methoxy groups -OCH3 is 1. The van der Waals surface area contributed by atoms with Crippen LogP contribution in [0.25, 0.3) is 0 Å². The first-order valence-electron chi connectivity index (χ1n) is 6.25. The van der Waals surface area contributed by atoms with Gasteiger partial charge in [-0.05, 0) is 31.5 Å². The van der Waals surface area contributed by atoms with Crippen LogP contribution in [0.15, 0.2) is 23.1 Å². The SMILES string of the molecule is CCCC(C)NS(=O)(=O)c1cc(C(=O)O)ccc1OC. The summed E-state index contributed by atoms with van der Waals surface area (Å²) in [5.74, 6) is -1.07. The molecule has 0 heterocycles. The Labute approximate surface area is 118 Å². The van der Waals surface area contributed by atoms with Gasteiger partial charge in [0.25, 0.3) is 0 Å². The zero-order valence-corrected chi connectivity index (χ0v) is 12.5. The van der Waals surface area contributed by atoms with Crippen LogP contribution in [0.4, 0.5) is 0 Å². The summed E-state index contributed by atoms with van der Waals surface area (Å²) in [4.78, 5) is 10.8. The van der Waals surface area contributed by atoms with E-state index in [1.54, 1.807) is 6.92 Å². The molecule has 6 nitrogen and oxygen atoms in total. The number of sulfonamides is 1. The molecule has 0 amide bonds. The van der Waals surface area contributed by atoms with Gasteiger partial charge in [-0.1, -0.05) is 13.3 Å². The minimum atomic E-state index is -3.82. The normalized spacial score (nSPS) is 12.9. The predicted molar refractivity (Wildman–Crippen MR) is 74.6 cm³/mol. The number of carboxylic acids is 1. The number of rotatable bonds is 7. The van der Waals surface area contributed by atoms with Gasteiger partial charge < -0.3 is 9.84 Å². The van der Waals surface area contributed by atoms with Crippen molar-refractivity contribution in [3.8, 4) is 5.75 Å². The van der Waals surface area contributed by atoms with E-state index in [2.05, 4.69) is 4.72 Å². The molecular weight excluding hydrogens is 282 g/mol. The molecule has 0 spiro atoms. The van der Waals surface area contributed by atoms with Crippen molar-refractivity contribution in [2.45, 2.75) is 37.6 Å². The standard InChI is InChI=1S/C13H19NO5S/c1-4-5-9(2)14-20(17,18)12-8-10(13(15)16)6-7-11(12)19-3/h6-9,14H,4-5H2,1-3H3,(H,15,16). The number of ether oxygens (including phenoxy) is 1. The molecule has 0 aromatic heterocycles. The third-order valence-electron chi connectivity index (χ3n) is 2.78. The highest BCUT2D eigenvalue weighted by molar-refractivity contribution is 7.89. The summed E-state index contributed by atoms with van der Waals surface area (Å²) < 4.78 is 32.1. The highest BCUT2D eigenvalue weighted by Gasteiger charge is 2.23. The summed E-state index contributed by atoms with van der Waals surface area (Å²) in [7, 11) is -2.48. The maximum atomic E-state index is 12.3. The first-order chi connectivity index (χ1) is 9.31. The molecule has 0 bridgehead atoms. The number of hydrogen-bond acceptors (Lipinski definition) is 4. The van der Waals surface area contributed by atoms with Crippen LogP contribution in [0, 0.1) is 0 Å². The molecule has 2 N–H and O–H groups in total. The molecule has 0 aliphatic heterocycles. The van der Waals surface area contributed by atoms with E-state index in [0.29, 0.717) is 6.42 Å². The fraction of sp³-hybridized carbons (Fsp3) is 0.462. The molecule has 1 aromatic carbocycles. The van der Waals surface area contributed by atoms with E-state index in [1.165, 1.54) is 19.2 Å². The van der Waals surface area contributed by atoms with Crippen LogP contribution in [0.1, 0.15) is 37.0 Å². The van der Waals surface area contributed by atoms with Crippen LogP contribution in [-0.4, -0.2) is 32.6 Å². The molecular formula is C13H19NO5S. The Balaban J connectivity index is 3.21. The molecule has 0 aliphatic carbocycles. The summed E-state index contributed by atoms with van der Waals surface area (Å²) >= 11 is 0. The predicted octanol–water partition coefficient (Wildman–Crippen LogP) is 1.86. The average molecular weight is 301 g/mol. The lowest BCUT2D eigenvalue weighted by Gasteiger charge is -2.15. The van der Waals surface area contributed by atoms with Crippen LogP contribution in [0.3, 0.4) is 0 Å². The lowest BCUT2D eigenvalue weighted by Crippen LogP contribution is -2.32. The van der Waals surface area contributed by atoms with E-state index in [4.69, 9.17) is 9.84 Å². The molecule has 0 radical (unpaired) electrons. The van der Waals surface area contributed by atoms with Crippen molar-refractivity contribution in [2.24, 2.45) is 0 Å². The smallest absolute Gasteiger partial charge is 0.335 e. The van der Waals surface area contributed by atoms with Gasteiger partial charge in [-0.15, -0.1) is 0 Å². The highest BCUT2D eigenvalue weighted by Crippen LogP contribution is 2.25. The molecule has 112 valence electrons. The van der Waals surface area contributed by atoms with Crippen LogP contribution in [0.2, 0.25) is 0 Å². The number of carbonyl (C=O) groups is 1. The molecule has 1 rings (SSSR count). The first kappa shape index (κ1) is 16.5. The maximum Gasteiger partial charge on any atom is 0.335 e. The second-order valence-electron chi connectivity index (χ2n) is 4.48.